The molecule has 1 aliphatic rings. The number of aliphatic carboxylic acids is 1. The molecule has 58 heavy (non-hydrogen) atoms. The minimum Gasteiger partial charge on any atom is -0.480 e. The molecule has 0 radical (unpaired) electrons. The first-order valence-corrected chi connectivity index (χ1v) is 19.2. The van der Waals surface area contributed by atoms with Crippen molar-refractivity contribution in [2.45, 2.75) is 69.2 Å². The van der Waals surface area contributed by atoms with Crippen LogP contribution in [0.15, 0.2) is 140 Å². The summed E-state index contributed by atoms with van der Waals surface area (Å²) in [4.78, 5) is 66.7. The first-order chi connectivity index (χ1) is 27.9. The van der Waals surface area contributed by atoms with Gasteiger partial charge in [-0.05, 0) is 66.1 Å². The van der Waals surface area contributed by atoms with E-state index in [9.17, 15) is 29.1 Å². The number of amides is 3. The Morgan fingerprint density at radius 1 is 0.638 bits per heavy atom. The Balaban J connectivity index is 1.20. The van der Waals surface area contributed by atoms with Gasteiger partial charge in [0.15, 0.2) is 0 Å². The first-order valence-electron chi connectivity index (χ1n) is 19.2. The fourth-order valence-corrected chi connectivity index (χ4v) is 7.40. The van der Waals surface area contributed by atoms with E-state index in [2.05, 4.69) is 16.0 Å². The van der Waals surface area contributed by atoms with E-state index >= 15 is 0 Å². The lowest BCUT2D eigenvalue weighted by molar-refractivity contribution is -0.155. The smallest absolute Gasteiger partial charge is 0.407 e. The highest BCUT2D eigenvalue weighted by atomic mass is 16.6. The third-order valence-electron chi connectivity index (χ3n) is 9.96. The Kier molecular flexibility index (Phi) is 12.7. The van der Waals surface area contributed by atoms with Crippen LogP contribution in [-0.2, 0) is 34.2 Å². The van der Waals surface area contributed by atoms with Gasteiger partial charge in [0.2, 0.25) is 11.8 Å². The van der Waals surface area contributed by atoms with E-state index in [0.717, 1.165) is 38.9 Å². The maximum atomic E-state index is 14.1. The van der Waals surface area contributed by atoms with Gasteiger partial charge >= 0.3 is 18.0 Å². The maximum absolute atomic E-state index is 14.1. The third-order valence-corrected chi connectivity index (χ3v) is 9.96. The molecule has 6 rings (SSSR count). The number of alkyl carbamates (subject to hydrolysis) is 1. The number of hydrogen-bond donors (Lipinski definition) is 4. The Morgan fingerprint density at radius 2 is 1.10 bits per heavy atom. The molecular weight excluding hydrogens is 735 g/mol. The van der Waals surface area contributed by atoms with Crippen LogP contribution in [0.5, 0.6) is 0 Å². The number of fused-ring (bicyclic) bond motifs is 3. The molecule has 3 amide bonds. The predicted molar refractivity (Wildman–Crippen MR) is 219 cm³/mol. The molecule has 0 heterocycles. The molecule has 5 aromatic carbocycles. The SMILES string of the molecule is CC(C)(C)OC(=O)CC[C@H](NC(=O)OCC1c2ccccc2-c2ccccc21)C(=O)N[C@@H](CC(=O)NC(c1ccccc1)(c1ccccc1)c1ccccc1)C(=O)O. The molecule has 298 valence electrons. The van der Waals surface area contributed by atoms with Crippen molar-refractivity contribution in [2.75, 3.05) is 6.61 Å². The summed E-state index contributed by atoms with van der Waals surface area (Å²) in [6.07, 6.45) is -2.10. The summed E-state index contributed by atoms with van der Waals surface area (Å²) in [5.74, 6) is -3.93. The first kappa shape index (κ1) is 40.9. The Morgan fingerprint density at radius 3 is 1.57 bits per heavy atom. The number of hydrogen-bond acceptors (Lipinski definition) is 7. The number of esters is 1. The van der Waals surface area contributed by atoms with Gasteiger partial charge in [0, 0.05) is 12.3 Å². The number of benzene rings is 5. The highest BCUT2D eigenvalue weighted by Crippen LogP contribution is 2.44. The Bertz CT molecular complexity index is 2100. The van der Waals surface area contributed by atoms with Gasteiger partial charge in [-0.2, -0.15) is 0 Å². The van der Waals surface area contributed by atoms with E-state index < -0.39 is 59.5 Å². The fraction of sp³-hybridized carbons (Fsp3) is 0.255. The fourth-order valence-electron chi connectivity index (χ4n) is 7.40. The Hall–Kier alpha value is -6.75. The molecule has 5 aromatic rings. The molecule has 0 aliphatic heterocycles. The molecule has 0 aromatic heterocycles. The van der Waals surface area contributed by atoms with Gasteiger partial charge in [0.1, 0.15) is 29.8 Å². The van der Waals surface area contributed by atoms with Gasteiger partial charge in [-0.3, -0.25) is 14.4 Å². The van der Waals surface area contributed by atoms with Gasteiger partial charge < -0.3 is 30.5 Å². The van der Waals surface area contributed by atoms with E-state index in [-0.39, 0.29) is 25.4 Å². The number of ether oxygens (including phenoxy) is 2. The van der Waals surface area contributed by atoms with E-state index in [1.54, 1.807) is 20.8 Å². The average molecular weight is 782 g/mol. The van der Waals surface area contributed by atoms with Crippen molar-refractivity contribution in [3.05, 3.63) is 167 Å². The van der Waals surface area contributed by atoms with Crippen molar-refractivity contribution < 1.29 is 38.6 Å². The summed E-state index contributed by atoms with van der Waals surface area (Å²) < 4.78 is 11.1. The zero-order valence-electron chi connectivity index (χ0n) is 32.6. The van der Waals surface area contributed by atoms with Crippen molar-refractivity contribution in [1.82, 2.24) is 16.0 Å². The van der Waals surface area contributed by atoms with Crippen LogP contribution in [-0.4, -0.2) is 59.2 Å². The molecular formula is C47H47N3O8. The van der Waals surface area contributed by atoms with Crippen molar-refractivity contribution in [3.63, 3.8) is 0 Å². The average Bonchev–Trinajstić information content (AvgIpc) is 3.54. The quantitative estimate of drug-likeness (QED) is 0.0648. The Labute approximate surface area is 337 Å². The molecule has 0 fully saturated rings. The molecule has 2 atom stereocenters. The summed E-state index contributed by atoms with van der Waals surface area (Å²) >= 11 is 0. The number of carboxylic acid groups (broad SMARTS) is 1. The van der Waals surface area contributed by atoms with Crippen molar-refractivity contribution in [1.29, 1.82) is 0 Å². The molecule has 0 saturated heterocycles. The normalized spacial score (nSPS) is 13.2. The molecule has 0 unspecified atom stereocenters. The summed E-state index contributed by atoms with van der Waals surface area (Å²) in [5.41, 5.74) is 4.23. The van der Waals surface area contributed by atoms with Gasteiger partial charge in [-0.15, -0.1) is 0 Å². The van der Waals surface area contributed by atoms with Crippen LogP contribution in [0.1, 0.15) is 73.8 Å². The summed E-state index contributed by atoms with van der Waals surface area (Å²) in [6, 6.07) is 40.5. The van der Waals surface area contributed by atoms with Crippen LogP contribution in [0.4, 0.5) is 4.79 Å². The van der Waals surface area contributed by atoms with Gasteiger partial charge in [0.25, 0.3) is 0 Å². The molecule has 11 nitrogen and oxygen atoms in total. The predicted octanol–water partition coefficient (Wildman–Crippen LogP) is 7.08. The number of carbonyl (C=O) groups is 5. The number of carbonyl (C=O) groups excluding carboxylic acids is 4. The summed E-state index contributed by atoms with van der Waals surface area (Å²) in [5, 5.41) is 18.4. The largest absolute Gasteiger partial charge is 0.480 e. The van der Waals surface area contributed by atoms with Crippen LogP contribution in [0.3, 0.4) is 0 Å². The van der Waals surface area contributed by atoms with Crippen LogP contribution in [0, 0.1) is 0 Å². The lowest BCUT2D eigenvalue weighted by atomic mass is 9.77. The second-order valence-corrected chi connectivity index (χ2v) is 15.1. The number of carboxylic acids is 1. The minimum atomic E-state index is -1.71. The van der Waals surface area contributed by atoms with E-state index in [1.807, 2.05) is 140 Å². The zero-order valence-corrected chi connectivity index (χ0v) is 32.6. The van der Waals surface area contributed by atoms with Crippen molar-refractivity contribution in [3.8, 4) is 11.1 Å². The second-order valence-electron chi connectivity index (χ2n) is 15.1. The van der Waals surface area contributed by atoms with Crippen molar-refractivity contribution >= 4 is 29.8 Å². The monoisotopic (exact) mass is 781 g/mol. The number of nitrogens with one attached hydrogen (secondary N) is 3. The van der Waals surface area contributed by atoms with E-state index in [1.165, 1.54) is 0 Å². The molecule has 0 saturated carbocycles. The van der Waals surface area contributed by atoms with Gasteiger partial charge in [0.05, 0.1) is 6.42 Å². The zero-order chi connectivity index (χ0) is 41.3. The molecule has 0 bridgehead atoms. The molecule has 4 N–H and O–H groups in total. The van der Waals surface area contributed by atoms with E-state index in [0.29, 0.717) is 0 Å². The van der Waals surface area contributed by atoms with E-state index in [4.69, 9.17) is 9.47 Å². The minimum absolute atomic E-state index is 0.0375. The standard InChI is InChI=1S/C47H47N3O8/c1-46(2,3)58-42(52)28-27-39(49-45(56)57-30-38-36-25-15-13-23-34(36)35-24-14-16-26-37(35)38)43(53)48-40(44(54)55)29-41(51)50-47(31-17-7-4-8-18-31,32-19-9-5-10-20-32)33-21-11-6-12-22-33/h4-26,38-40H,27-30H2,1-3H3,(H,48,53)(H,49,56)(H,50,51)(H,54,55)/t39-,40-/m0/s1. The molecule has 11 heteroatoms. The van der Waals surface area contributed by atoms with Crippen LogP contribution in [0.2, 0.25) is 0 Å². The molecule has 1 aliphatic carbocycles. The summed E-state index contributed by atoms with van der Waals surface area (Å²) in [7, 11) is 0. The molecule has 0 spiro atoms. The second kappa shape index (κ2) is 18.0. The highest BCUT2D eigenvalue weighted by Gasteiger charge is 2.39. The lowest BCUT2D eigenvalue weighted by Crippen LogP contribution is -2.54. The lowest BCUT2D eigenvalue weighted by Gasteiger charge is -2.37. The maximum Gasteiger partial charge on any atom is 0.407 e. The van der Waals surface area contributed by atoms with Gasteiger partial charge in [-0.25, -0.2) is 9.59 Å². The number of rotatable bonds is 15. The van der Waals surface area contributed by atoms with Crippen molar-refractivity contribution in [2.24, 2.45) is 0 Å². The van der Waals surface area contributed by atoms with Gasteiger partial charge in [-0.1, -0.05) is 140 Å². The van der Waals surface area contributed by atoms with Crippen LogP contribution in [0.25, 0.3) is 11.1 Å². The topological polar surface area (TPSA) is 160 Å². The highest BCUT2D eigenvalue weighted by molar-refractivity contribution is 5.92. The van der Waals surface area contributed by atoms with Crippen LogP contribution < -0.4 is 16.0 Å². The van der Waals surface area contributed by atoms with Crippen LogP contribution >= 0.6 is 0 Å². The third kappa shape index (κ3) is 9.61. The summed E-state index contributed by atoms with van der Waals surface area (Å²) in [6.45, 7) is 5.07.